The summed E-state index contributed by atoms with van der Waals surface area (Å²) in [4.78, 5) is 13.1. The van der Waals surface area contributed by atoms with Crippen LogP contribution in [-0.2, 0) is 6.42 Å². The van der Waals surface area contributed by atoms with Gasteiger partial charge in [-0.15, -0.1) is 0 Å². The second-order valence-electron chi connectivity index (χ2n) is 7.24. The van der Waals surface area contributed by atoms with E-state index in [4.69, 9.17) is 4.42 Å². The molecule has 0 atom stereocenters. The van der Waals surface area contributed by atoms with E-state index < -0.39 is 0 Å². The first-order valence-corrected chi connectivity index (χ1v) is 9.20. The standard InChI is InChI=1S/C24H26O2/c1-16(2)8-5-9-17(3)14-15-19-11-7-13-21-23(19)24(25)22-18(4)10-6-12-20(22)26-21/h6-8,10-14H,5,9,15H2,1-4H3/b17-14+. The van der Waals surface area contributed by atoms with Crippen LogP contribution in [0.2, 0.25) is 0 Å². The molecule has 0 spiro atoms. The maximum atomic E-state index is 13.1. The zero-order valence-corrected chi connectivity index (χ0v) is 16.1. The third kappa shape index (κ3) is 3.80. The van der Waals surface area contributed by atoms with Gasteiger partial charge in [-0.2, -0.15) is 0 Å². The molecule has 0 amide bonds. The highest BCUT2D eigenvalue weighted by molar-refractivity contribution is 5.93. The Morgan fingerprint density at radius 3 is 2.38 bits per heavy atom. The van der Waals surface area contributed by atoms with Crippen molar-refractivity contribution in [3.8, 4) is 0 Å². The van der Waals surface area contributed by atoms with Crippen molar-refractivity contribution in [2.45, 2.75) is 47.0 Å². The molecule has 0 bridgehead atoms. The van der Waals surface area contributed by atoms with Crippen LogP contribution in [0.3, 0.4) is 0 Å². The van der Waals surface area contributed by atoms with Gasteiger partial charge in [0, 0.05) is 0 Å². The Labute approximate surface area is 154 Å². The van der Waals surface area contributed by atoms with E-state index in [1.54, 1.807) is 0 Å². The summed E-state index contributed by atoms with van der Waals surface area (Å²) in [7, 11) is 0. The predicted molar refractivity (Wildman–Crippen MR) is 111 cm³/mol. The van der Waals surface area contributed by atoms with Crippen LogP contribution < -0.4 is 5.43 Å². The third-order valence-corrected chi connectivity index (χ3v) is 4.78. The molecule has 0 unspecified atom stereocenters. The molecule has 0 aliphatic carbocycles. The van der Waals surface area contributed by atoms with E-state index in [2.05, 4.69) is 32.9 Å². The molecule has 0 fully saturated rings. The fourth-order valence-electron chi connectivity index (χ4n) is 3.32. The van der Waals surface area contributed by atoms with Crippen LogP contribution in [-0.4, -0.2) is 0 Å². The van der Waals surface area contributed by atoms with E-state index in [1.807, 2.05) is 43.3 Å². The van der Waals surface area contributed by atoms with Crippen LogP contribution in [0.5, 0.6) is 0 Å². The van der Waals surface area contributed by atoms with Crippen LogP contribution in [0, 0.1) is 6.92 Å². The molecule has 0 aliphatic heterocycles. The van der Waals surface area contributed by atoms with Crippen LogP contribution in [0.1, 0.15) is 44.7 Å². The number of fused-ring (bicyclic) bond motifs is 2. The Kier molecular flexibility index (Phi) is 5.41. The largest absolute Gasteiger partial charge is 0.456 e. The lowest BCUT2D eigenvalue weighted by Crippen LogP contribution is -2.06. The molecule has 3 aromatic rings. The van der Waals surface area contributed by atoms with E-state index in [0.29, 0.717) is 21.9 Å². The van der Waals surface area contributed by atoms with E-state index >= 15 is 0 Å². The van der Waals surface area contributed by atoms with Crippen LogP contribution in [0.15, 0.2) is 68.9 Å². The van der Waals surface area contributed by atoms with E-state index in [1.165, 1.54) is 11.1 Å². The summed E-state index contributed by atoms with van der Waals surface area (Å²) in [6, 6.07) is 11.6. The molecule has 0 saturated carbocycles. The van der Waals surface area contributed by atoms with Gasteiger partial charge in [-0.1, -0.05) is 47.6 Å². The quantitative estimate of drug-likeness (QED) is 0.390. The van der Waals surface area contributed by atoms with E-state index in [9.17, 15) is 4.79 Å². The molecule has 0 saturated heterocycles. The number of benzene rings is 2. The summed E-state index contributed by atoms with van der Waals surface area (Å²) in [6.45, 7) is 8.37. The average molecular weight is 346 g/mol. The molecule has 2 nitrogen and oxygen atoms in total. The van der Waals surface area contributed by atoms with Crippen molar-refractivity contribution in [2.75, 3.05) is 0 Å². The van der Waals surface area contributed by atoms with Gasteiger partial charge in [0.15, 0.2) is 0 Å². The van der Waals surface area contributed by atoms with Crippen LogP contribution in [0.4, 0.5) is 0 Å². The summed E-state index contributed by atoms with van der Waals surface area (Å²) in [6.07, 6.45) is 7.35. The molecule has 0 aliphatic rings. The van der Waals surface area contributed by atoms with Crippen molar-refractivity contribution >= 4 is 21.9 Å². The number of hydrogen-bond donors (Lipinski definition) is 0. The van der Waals surface area contributed by atoms with Gasteiger partial charge in [0.05, 0.1) is 10.8 Å². The molecule has 0 N–H and O–H groups in total. The summed E-state index contributed by atoms with van der Waals surface area (Å²) in [5.41, 5.74) is 6.09. The minimum Gasteiger partial charge on any atom is -0.456 e. The van der Waals surface area contributed by atoms with Gasteiger partial charge in [-0.05, 0) is 70.2 Å². The molecular weight excluding hydrogens is 320 g/mol. The molecule has 1 aromatic heterocycles. The van der Waals surface area contributed by atoms with Crippen molar-refractivity contribution < 1.29 is 4.42 Å². The van der Waals surface area contributed by atoms with Crippen molar-refractivity contribution in [2.24, 2.45) is 0 Å². The lowest BCUT2D eigenvalue weighted by molar-refractivity contribution is 0.659. The summed E-state index contributed by atoms with van der Waals surface area (Å²) in [5, 5.41) is 1.40. The van der Waals surface area contributed by atoms with E-state index in [0.717, 1.165) is 30.4 Å². The van der Waals surface area contributed by atoms with Gasteiger partial charge in [0.2, 0.25) is 5.43 Å². The van der Waals surface area contributed by atoms with Crippen LogP contribution in [0.25, 0.3) is 21.9 Å². The average Bonchev–Trinajstić information content (AvgIpc) is 2.59. The van der Waals surface area contributed by atoms with Gasteiger partial charge in [-0.25, -0.2) is 0 Å². The van der Waals surface area contributed by atoms with Gasteiger partial charge in [0.1, 0.15) is 11.2 Å². The Morgan fingerprint density at radius 1 is 0.962 bits per heavy atom. The second kappa shape index (κ2) is 7.74. The monoisotopic (exact) mass is 346 g/mol. The highest BCUT2D eigenvalue weighted by Gasteiger charge is 2.12. The molecule has 2 aromatic carbocycles. The topological polar surface area (TPSA) is 30.2 Å². The minimum atomic E-state index is 0.0746. The van der Waals surface area contributed by atoms with Crippen molar-refractivity contribution in [3.05, 3.63) is 81.0 Å². The normalized spacial score (nSPS) is 11.9. The lowest BCUT2D eigenvalue weighted by atomic mass is 10.0. The lowest BCUT2D eigenvalue weighted by Gasteiger charge is -2.07. The molecule has 0 radical (unpaired) electrons. The zero-order valence-electron chi connectivity index (χ0n) is 16.1. The zero-order chi connectivity index (χ0) is 18.7. The van der Waals surface area contributed by atoms with Gasteiger partial charge in [0.25, 0.3) is 0 Å². The van der Waals surface area contributed by atoms with Crippen molar-refractivity contribution in [1.82, 2.24) is 0 Å². The molecule has 3 rings (SSSR count). The van der Waals surface area contributed by atoms with Crippen molar-refractivity contribution in [1.29, 1.82) is 0 Å². The molecule has 134 valence electrons. The maximum absolute atomic E-state index is 13.1. The van der Waals surface area contributed by atoms with Crippen LogP contribution >= 0.6 is 0 Å². The fourth-order valence-corrected chi connectivity index (χ4v) is 3.32. The second-order valence-corrected chi connectivity index (χ2v) is 7.24. The summed E-state index contributed by atoms with van der Waals surface area (Å²) in [5.74, 6) is 0. The smallest absolute Gasteiger partial charge is 0.201 e. The first kappa shape index (κ1) is 18.2. The van der Waals surface area contributed by atoms with E-state index in [-0.39, 0.29) is 5.43 Å². The molecular formula is C24H26O2. The Bertz CT molecular complexity index is 1060. The highest BCUT2D eigenvalue weighted by atomic mass is 16.3. The van der Waals surface area contributed by atoms with Crippen molar-refractivity contribution in [3.63, 3.8) is 0 Å². The summed E-state index contributed by atoms with van der Waals surface area (Å²) >= 11 is 0. The Balaban J connectivity index is 2.00. The minimum absolute atomic E-state index is 0.0746. The number of allylic oxidation sites excluding steroid dienone is 4. The number of rotatable bonds is 5. The van der Waals surface area contributed by atoms with Gasteiger partial charge >= 0.3 is 0 Å². The number of hydrogen-bond acceptors (Lipinski definition) is 2. The third-order valence-electron chi connectivity index (χ3n) is 4.78. The highest BCUT2D eigenvalue weighted by Crippen LogP contribution is 2.24. The number of aryl methyl sites for hydroxylation is 1. The summed E-state index contributed by atoms with van der Waals surface area (Å²) < 4.78 is 6.02. The van der Waals surface area contributed by atoms with Gasteiger partial charge < -0.3 is 4.42 Å². The predicted octanol–water partition coefficient (Wildman–Crippen LogP) is 6.49. The first-order valence-electron chi connectivity index (χ1n) is 9.20. The molecule has 2 heteroatoms. The SMILES string of the molecule is CC(C)=CCC/C(C)=C/Cc1cccc2oc3cccc(C)c3c(=O)c12. The maximum Gasteiger partial charge on any atom is 0.201 e. The molecule has 1 heterocycles. The fraction of sp³-hybridized carbons (Fsp3) is 0.292. The Hall–Kier alpha value is -2.61. The first-order chi connectivity index (χ1) is 12.5. The Morgan fingerprint density at radius 2 is 1.65 bits per heavy atom. The van der Waals surface area contributed by atoms with Gasteiger partial charge in [-0.3, -0.25) is 4.79 Å². The molecule has 26 heavy (non-hydrogen) atoms.